The number of carboxylic acid groups (broad SMARTS) is 1. The zero-order valence-corrected chi connectivity index (χ0v) is 11.1. The Morgan fingerprint density at radius 3 is 2.76 bits per heavy atom. The van der Waals surface area contributed by atoms with Crippen LogP contribution in [-0.4, -0.2) is 16.8 Å². The third-order valence-electron chi connectivity index (χ3n) is 3.20. The summed E-state index contributed by atoms with van der Waals surface area (Å²) in [5, 5.41) is 17.4. The van der Waals surface area contributed by atoms with E-state index in [-0.39, 0.29) is 18.6 Å². The molecule has 106 valence electrons. The van der Waals surface area contributed by atoms with Gasteiger partial charge in [0.2, 0.25) is 0 Å². The highest BCUT2D eigenvalue weighted by atomic mass is 16.4. The molecule has 5 heteroatoms. The number of benzene rings is 1. The molecule has 0 spiro atoms. The number of hydrogen-bond acceptors (Lipinski definition) is 4. The predicted molar refractivity (Wildman–Crippen MR) is 77.6 cm³/mol. The Kier molecular flexibility index (Phi) is 3.31. The van der Waals surface area contributed by atoms with Crippen molar-refractivity contribution in [3.8, 4) is 11.3 Å². The summed E-state index contributed by atoms with van der Waals surface area (Å²) < 4.78 is 11.1. The molecule has 0 aliphatic carbocycles. The van der Waals surface area contributed by atoms with E-state index in [0.29, 0.717) is 11.5 Å². The van der Waals surface area contributed by atoms with Crippen LogP contribution < -0.4 is 0 Å². The lowest BCUT2D eigenvalue weighted by Crippen LogP contribution is -2.02. The minimum atomic E-state index is -0.927. The normalized spacial score (nSPS) is 10.9. The van der Waals surface area contributed by atoms with Gasteiger partial charge in [0.05, 0.1) is 17.7 Å². The van der Waals surface area contributed by atoms with Crippen LogP contribution in [0.2, 0.25) is 0 Å². The van der Waals surface area contributed by atoms with Gasteiger partial charge in [0.1, 0.15) is 23.4 Å². The SMILES string of the molecule is N=C(CCC(=O)O)c1cc(-c2cc3ccccc3o2)co1. The van der Waals surface area contributed by atoms with Gasteiger partial charge in [-0.2, -0.15) is 0 Å². The van der Waals surface area contributed by atoms with Crippen LogP contribution in [0, 0.1) is 5.41 Å². The summed E-state index contributed by atoms with van der Waals surface area (Å²) in [7, 11) is 0. The van der Waals surface area contributed by atoms with E-state index in [1.807, 2.05) is 30.3 Å². The average Bonchev–Trinajstić information content (AvgIpc) is 3.10. The van der Waals surface area contributed by atoms with Crippen molar-refractivity contribution in [2.24, 2.45) is 0 Å². The number of rotatable bonds is 5. The van der Waals surface area contributed by atoms with E-state index in [9.17, 15) is 4.79 Å². The molecule has 0 aliphatic heterocycles. The second-order valence-electron chi connectivity index (χ2n) is 4.72. The van der Waals surface area contributed by atoms with Gasteiger partial charge < -0.3 is 19.4 Å². The van der Waals surface area contributed by atoms with Crippen molar-refractivity contribution in [3.63, 3.8) is 0 Å². The second kappa shape index (κ2) is 5.28. The van der Waals surface area contributed by atoms with Crippen molar-refractivity contribution < 1.29 is 18.7 Å². The summed E-state index contributed by atoms with van der Waals surface area (Å²) in [5.41, 5.74) is 1.69. The van der Waals surface area contributed by atoms with Crippen LogP contribution in [0.5, 0.6) is 0 Å². The number of hydrogen-bond donors (Lipinski definition) is 2. The molecule has 0 radical (unpaired) electrons. The molecule has 2 N–H and O–H groups in total. The molecule has 21 heavy (non-hydrogen) atoms. The number of fused-ring (bicyclic) bond motifs is 1. The van der Waals surface area contributed by atoms with Crippen LogP contribution in [-0.2, 0) is 4.79 Å². The van der Waals surface area contributed by atoms with E-state index in [1.54, 1.807) is 6.07 Å². The smallest absolute Gasteiger partial charge is 0.303 e. The van der Waals surface area contributed by atoms with E-state index in [2.05, 4.69) is 0 Å². The molecule has 5 nitrogen and oxygen atoms in total. The minimum absolute atomic E-state index is 0.0838. The number of carboxylic acids is 1. The fraction of sp³-hybridized carbons (Fsp3) is 0.125. The van der Waals surface area contributed by atoms with E-state index < -0.39 is 5.97 Å². The Labute approximate surface area is 120 Å². The largest absolute Gasteiger partial charge is 0.481 e. The molecule has 3 aromatic rings. The van der Waals surface area contributed by atoms with Crippen molar-refractivity contribution in [2.75, 3.05) is 0 Å². The molecule has 2 aromatic heterocycles. The third kappa shape index (κ3) is 2.72. The lowest BCUT2D eigenvalue weighted by Gasteiger charge is -1.96. The number of para-hydroxylation sites is 1. The second-order valence-corrected chi connectivity index (χ2v) is 4.72. The highest BCUT2D eigenvalue weighted by Gasteiger charge is 2.13. The zero-order valence-electron chi connectivity index (χ0n) is 11.1. The van der Waals surface area contributed by atoms with Crippen LogP contribution in [0.25, 0.3) is 22.3 Å². The van der Waals surface area contributed by atoms with Gasteiger partial charge in [-0.05, 0) is 18.2 Å². The first kappa shape index (κ1) is 13.2. The Balaban J connectivity index is 1.84. The molecule has 0 fully saturated rings. The number of furan rings is 2. The van der Waals surface area contributed by atoms with Crippen LogP contribution in [0.4, 0.5) is 0 Å². The van der Waals surface area contributed by atoms with Crippen molar-refractivity contribution in [2.45, 2.75) is 12.8 Å². The predicted octanol–water partition coefficient (Wildman–Crippen LogP) is 3.93. The van der Waals surface area contributed by atoms with Crippen molar-refractivity contribution in [3.05, 3.63) is 48.4 Å². The van der Waals surface area contributed by atoms with Crippen LogP contribution in [0.15, 0.2) is 51.5 Å². The van der Waals surface area contributed by atoms with Gasteiger partial charge in [0, 0.05) is 11.8 Å². The van der Waals surface area contributed by atoms with Gasteiger partial charge in [-0.1, -0.05) is 18.2 Å². The quantitative estimate of drug-likeness (QED) is 0.694. The monoisotopic (exact) mass is 283 g/mol. The summed E-state index contributed by atoms with van der Waals surface area (Å²) in [6.45, 7) is 0. The van der Waals surface area contributed by atoms with Crippen LogP contribution >= 0.6 is 0 Å². The van der Waals surface area contributed by atoms with E-state index in [4.69, 9.17) is 19.4 Å². The summed E-state index contributed by atoms with van der Waals surface area (Å²) >= 11 is 0. The maximum atomic E-state index is 10.5. The lowest BCUT2D eigenvalue weighted by molar-refractivity contribution is -0.136. The molecular formula is C16H13NO4. The van der Waals surface area contributed by atoms with Crippen LogP contribution in [0.1, 0.15) is 18.6 Å². The molecule has 0 unspecified atom stereocenters. The molecule has 0 saturated carbocycles. The van der Waals surface area contributed by atoms with Crippen molar-refractivity contribution in [1.29, 1.82) is 5.41 Å². The van der Waals surface area contributed by atoms with Gasteiger partial charge in [0.25, 0.3) is 0 Å². The number of carbonyl (C=O) groups is 1. The van der Waals surface area contributed by atoms with Gasteiger partial charge >= 0.3 is 5.97 Å². The maximum Gasteiger partial charge on any atom is 0.303 e. The third-order valence-corrected chi connectivity index (χ3v) is 3.20. The van der Waals surface area contributed by atoms with E-state index >= 15 is 0 Å². The van der Waals surface area contributed by atoms with Crippen LogP contribution in [0.3, 0.4) is 0 Å². The van der Waals surface area contributed by atoms with Gasteiger partial charge in [-0.3, -0.25) is 4.79 Å². The first-order valence-corrected chi connectivity index (χ1v) is 6.50. The number of nitrogens with one attached hydrogen (secondary N) is 1. The fourth-order valence-electron chi connectivity index (χ4n) is 2.10. The minimum Gasteiger partial charge on any atom is -0.481 e. The highest BCUT2D eigenvalue weighted by molar-refractivity contribution is 5.98. The van der Waals surface area contributed by atoms with E-state index in [0.717, 1.165) is 16.5 Å². The van der Waals surface area contributed by atoms with Gasteiger partial charge in [0.15, 0.2) is 0 Å². The number of aliphatic carboxylic acids is 1. The molecule has 1 aromatic carbocycles. The Bertz CT molecular complexity index is 779. The maximum absolute atomic E-state index is 10.5. The van der Waals surface area contributed by atoms with Crippen molar-refractivity contribution >= 4 is 22.7 Å². The Morgan fingerprint density at radius 2 is 2.00 bits per heavy atom. The summed E-state index contributed by atoms with van der Waals surface area (Å²) in [6.07, 6.45) is 1.57. The highest BCUT2D eigenvalue weighted by Crippen LogP contribution is 2.29. The molecular weight excluding hydrogens is 270 g/mol. The molecule has 0 aliphatic rings. The average molecular weight is 283 g/mol. The molecule has 3 rings (SSSR count). The first-order valence-electron chi connectivity index (χ1n) is 6.50. The standard InChI is InChI=1S/C16H13NO4/c17-12(5-6-16(18)19)15-8-11(9-20-15)14-7-10-3-1-2-4-13(10)21-14/h1-4,7-9,17H,5-6H2,(H,18,19). The first-order chi connectivity index (χ1) is 10.1. The topological polar surface area (TPSA) is 87.4 Å². The summed E-state index contributed by atoms with van der Waals surface area (Å²) in [5.74, 6) is 0.104. The Morgan fingerprint density at radius 1 is 1.19 bits per heavy atom. The van der Waals surface area contributed by atoms with Crippen molar-refractivity contribution in [1.82, 2.24) is 0 Å². The van der Waals surface area contributed by atoms with Gasteiger partial charge in [-0.25, -0.2) is 0 Å². The van der Waals surface area contributed by atoms with E-state index in [1.165, 1.54) is 6.26 Å². The molecule has 0 atom stereocenters. The Hall–Kier alpha value is -2.82. The van der Waals surface area contributed by atoms with Gasteiger partial charge in [-0.15, -0.1) is 0 Å². The summed E-state index contributed by atoms with van der Waals surface area (Å²) in [6, 6.07) is 11.3. The molecule has 0 saturated heterocycles. The molecule has 2 heterocycles. The summed E-state index contributed by atoms with van der Waals surface area (Å²) in [4.78, 5) is 10.5. The lowest BCUT2D eigenvalue weighted by atomic mass is 10.1. The molecule has 0 bridgehead atoms. The fourth-order valence-corrected chi connectivity index (χ4v) is 2.10. The zero-order chi connectivity index (χ0) is 14.8. The molecule has 0 amide bonds.